The summed E-state index contributed by atoms with van der Waals surface area (Å²) in [4.78, 5) is 22.7. The van der Waals surface area contributed by atoms with E-state index in [-0.39, 0.29) is 12.7 Å². The van der Waals surface area contributed by atoms with E-state index in [9.17, 15) is 10.1 Å². The van der Waals surface area contributed by atoms with Crippen LogP contribution >= 0.6 is 0 Å². The molecule has 0 radical (unpaired) electrons. The smallest absolute Gasteiger partial charge is 0.246 e. The number of imidazole rings is 1. The largest absolute Gasteiger partial charge is 0.465 e. The average Bonchev–Trinajstić information content (AvgIpc) is 3.20. The highest BCUT2D eigenvalue weighted by Crippen LogP contribution is 2.33. The number of piperazine rings is 1. The van der Waals surface area contributed by atoms with E-state index in [0.29, 0.717) is 45.0 Å². The van der Waals surface area contributed by atoms with Crippen molar-refractivity contribution in [2.45, 2.75) is 13.1 Å². The Hall–Kier alpha value is -3.51. The SMILES string of the molecule is C=CC(=O)N1CCN(c2c(C#N)nc3n2CCN(c2ccccc2OCOC)C3)CC1. The fraction of sp³-hybridized carbons (Fsp3) is 0.409. The Balaban J connectivity index is 1.55. The van der Waals surface area contributed by atoms with Gasteiger partial charge >= 0.3 is 0 Å². The summed E-state index contributed by atoms with van der Waals surface area (Å²) in [6.07, 6.45) is 1.35. The molecule has 1 aromatic carbocycles. The molecule has 0 saturated carbocycles. The lowest BCUT2D eigenvalue weighted by Gasteiger charge is -2.37. The Morgan fingerprint density at radius 1 is 1.19 bits per heavy atom. The van der Waals surface area contributed by atoms with Crippen molar-refractivity contribution >= 4 is 17.4 Å². The van der Waals surface area contributed by atoms with Crippen LogP contribution < -0.4 is 14.5 Å². The highest BCUT2D eigenvalue weighted by molar-refractivity contribution is 5.87. The summed E-state index contributed by atoms with van der Waals surface area (Å²) >= 11 is 0. The van der Waals surface area contributed by atoms with Crippen LogP contribution in [0.1, 0.15) is 11.5 Å². The number of anilines is 2. The van der Waals surface area contributed by atoms with E-state index in [1.165, 1.54) is 6.08 Å². The average molecular weight is 422 g/mol. The highest BCUT2D eigenvalue weighted by Gasteiger charge is 2.30. The van der Waals surface area contributed by atoms with E-state index in [1.807, 2.05) is 24.3 Å². The molecule has 9 heteroatoms. The molecule has 4 rings (SSSR count). The van der Waals surface area contributed by atoms with Crippen LogP contribution in [0, 0.1) is 11.3 Å². The zero-order valence-corrected chi connectivity index (χ0v) is 17.7. The van der Waals surface area contributed by atoms with Crippen LogP contribution in [0.25, 0.3) is 0 Å². The molecule has 0 atom stereocenters. The molecule has 31 heavy (non-hydrogen) atoms. The number of methoxy groups -OCH3 is 1. The number of amides is 1. The maximum Gasteiger partial charge on any atom is 0.246 e. The van der Waals surface area contributed by atoms with E-state index >= 15 is 0 Å². The quantitative estimate of drug-likeness (QED) is 0.516. The van der Waals surface area contributed by atoms with Gasteiger partial charge in [-0.15, -0.1) is 0 Å². The van der Waals surface area contributed by atoms with Crippen molar-refractivity contribution in [3.8, 4) is 11.8 Å². The lowest BCUT2D eigenvalue weighted by Crippen LogP contribution is -2.49. The third-order valence-corrected chi connectivity index (χ3v) is 5.66. The van der Waals surface area contributed by atoms with Crippen LogP contribution in [0.2, 0.25) is 0 Å². The third kappa shape index (κ3) is 4.07. The van der Waals surface area contributed by atoms with Gasteiger partial charge < -0.3 is 28.7 Å². The number of nitrogens with zero attached hydrogens (tertiary/aromatic N) is 6. The van der Waals surface area contributed by atoms with Gasteiger partial charge in [0.15, 0.2) is 12.5 Å². The van der Waals surface area contributed by atoms with E-state index in [2.05, 4.69) is 32.0 Å². The minimum absolute atomic E-state index is 0.0551. The lowest BCUT2D eigenvalue weighted by atomic mass is 10.2. The van der Waals surface area contributed by atoms with Crippen LogP contribution in [0.15, 0.2) is 36.9 Å². The van der Waals surface area contributed by atoms with E-state index in [4.69, 9.17) is 9.47 Å². The first kappa shape index (κ1) is 20.8. The number of rotatable bonds is 6. The summed E-state index contributed by atoms with van der Waals surface area (Å²) in [5, 5.41) is 9.72. The molecular weight excluding hydrogens is 396 g/mol. The molecule has 1 fully saturated rings. The number of benzene rings is 1. The fourth-order valence-electron chi connectivity index (χ4n) is 4.15. The van der Waals surface area contributed by atoms with E-state index in [1.54, 1.807) is 12.0 Å². The van der Waals surface area contributed by atoms with E-state index in [0.717, 1.165) is 29.6 Å². The maximum atomic E-state index is 11.9. The molecule has 0 aliphatic carbocycles. The molecule has 2 aliphatic rings. The molecule has 0 unspecified atom stereocenters. The molecule has 1 aromatic heterocycles. The molecule has 0 N–H and O–H groups in total. The normalized spacial score (nSPS) is 15.9. The Labute approximate surface area is 181 Å². The van der Waals surface area contributed by atoms with Crippen LogP contribution in [0.4, 0.5) is 11.5 Å². The molecule has 3 heterocycles. The molecule has 2 aromatic rings. The number of aromatic nitrogens is 2. The number of carbonyl (C=O) groups excluding carboxylic acids is 1. The number of ether oxygens (including phenoxy) is 2. The second-order valence-corrected chi connectivity index (χ2v) is 7.42. The molecule has 2 aliphatic heterocycles. The zero-order valence-electron chi connectivity index (χ0n) is 17.7. The van der Waals surface area contributed by atoms with Gasteiger partial charge in [0, 0.05) is 46.4 Å². The Morgan fingerprint density at radius 3 is 2.65 bits per heavy atom. The second kappa shape index (κ2) is 9.10. The van der Waals surface area contributed by atoms with Crippen LogP contribution in [0.5, 0.6) is 5.75 Å². The molecule has 1 amide bonds. The number of hydrogen-bond acceptors (Lipinski definition) is 7. The lowest BCUT2D eigenvalue weighted by molar-refractivity contribution is -0.126. The fourth-order valence-corrected chi connectivity index (χ4v) is 4.15. The Kier molecular flexibility index (Phi) is 6.09. The van der Waals surface area contributed by atoms with Gasteiger partial charge in [-0.05, 0) is 18.2 Å². The minimum atomic E-state index is -0.0551. The van der Waals surface area contributed by atoms with E-state index < -0.39 is 0 Å². The number of nitriles is 1. The topological polar surface area (TPSA) is 86.9 Å². The van der Waals surface area contributed by atoms with Gasteiger partial charge in [-0.3, -0.25) is 4.79 Å². The molecule has 162 valence electrons. The van der Waals surface area contributed by atoms with Gasteiger partial charge in [0.1, 0.15) is 23.5 Å². The van der Waals surface area contributed by atoms with Crippen molar-refractivity contribution in [1.29, 1.82) is 5.26 Å². The summed E-state index contributed by atoms with van der Waals surface area (Å²) in [5.41, 5.74) is 1.41. The van der Waals surface area contributed by atoms with Crippen molar-refractivity contribution in [3.05, 3.63) is 48.4 Å². The van der Waals surface area contributed by atoms with Crippen molar-refractivity contribution in [3.63, 3.8) is 0 Å². The van der Waals surface area contributed by atoms with Crippen LogP contribution in [-0.2, 0) is 22.6 Å². The van der Waals surface area contributed by atoms with Crippen molar-refractivity contribution in [2.24, 2.45) is 0 Å². The first-order valence-electron chi connectivity index (χ1n) is 10.3. The summed E-state index contributed by atoms with van der Waals surface area (Å²) < 4.78 is 12.9. The predicted octanol–water partition coefficient (Wildman–Crippen LogP) is 1.59. The standard InChI is InChI=1S/C22H26N6O3/c1-3-21(29)25-8-10-26(11-9-25)22-17(14-23)24-20-15-27(12-13-28(20)22)18-6-4-5-7-19(18)31-16-30-2/h3-7H,1,8-13,15-16H2,2H3. The van der Waals surface area contributed by atoms with Gasteiger partial charge in [-0.2, -0.15) is 5.26 Å². The molecular formula is C22H26N6O3. The first-order chi connectivity index (χ1) is 15.2. The van der Waals surface area contributed by atoms with Crippen molar-refractivity contribution < 1.29 is 14.3 Å². The zero-order chi connectivity index (χ0) is 21.8. The van der Waals surface area contributed by atoms with Crippen molar-refractivity contribution in [1.82, 2.24) is 14.5 Å². The number of carbonyl (C=O) groups is 1. The predicted molar refractivity (Wildman–Crippen MR) is 116 cm³/mol. The van der Waals surface area contributed by atoms with Gasteiger partial charge in [0.25, 0.3) is 0 Å². The third-order valence-electron chi connectivity index (χ3n) is 5.66. The summed E-state index contributed by atoms with van der Waals surface area (Å²) in [6, 6.07) is 10.1. The molecule has 0 spiro atoms. The second-order valence-electron chi connectivity index (χ2n) is 7.42. The molecule has 0 bridgehead atoms. The van der Waals surface area contributed by atoms with Gasteiger partial charge in [-0.1, -0.05) is 18.7 Å². The number of fused-ring (bicyclic) bond motifs is 1. The number of para-hydroxylation sites is 2. The first-order valence-corrected chi connectivity index (χ1v) is 10.3. The van der Waals surface area contributed by atoms with Gasteiger partial charge in [-0.25, -0.2) is 4.98 Å². The Bertz CT molecular complexity index is 1000. The van der Waals surface area contributed by atoms with Crippen LogP contribution in [-0.4, -0.2) is 67.0 Å². The minimum Gasteiger partial charge on any atom is -0.465 e. The Morgan fingerprint density at radius 2 is 1.94 bits per heavy atom. The molecule has 1 saturated heterocycles. The van der Waals surface area contributed by atoms with Gasteiger partial charge in [0.2, 0.25) is 5.91 Å². The number of hydrogen-bond donors (Lipinski definition) is 0. The maximum absolute atomic E-state index is 11.9. The highest BCUT2D eigenvalue weighted by atomic mass is 16.7. The molecule has 9 nitrogen and oxygen atoms in total. The van der Waals surface area contributed by atoms with Crippen molar-refractivity contribution in [2.75, 3.05) is 56.4 Å². The summed E-state index contributed by atoms with van der Waals surface area (Å²) in [6.45, 7) is 8.34. The summed E-state index contributed by atoms with van der Waals surface area (Å²) in [7, 11) is 1.60. The monoisotopic (exact) mass is 422 g/mol. The summed E-state index contributed by atoms with van der Waals surface area (Å²) in [5.74, 6) is 2.41. The van der Waals surface area contributed by atoms with Crippen LogP contribution in [0.3, 0.4) is 0 Å². The van der Waals surface area contributed by atoms with Gasteiger partial charge in [0.05, 0.1) is 12.2 Å².